The minimum atomic E-state index is -4.28. The topological polar surface area (TPSA) is 41.1 Å². The third kappa shape index (κ3) is 3.60. The van der Waals surface area contributed by atoms with Crippen molar-refractivity contribution in [2.75, 3.05) is 0 Å². The standard InChI is InChI=1S/C12H21F3N2O/c1-4-5-8(2)16-10(18)9(3)17-11(6-7-11)12(13,14)15/h8-9,17H,4-7H2,1-3H3,(H,16,18). The molecule has 0 saturated heterocycles. The lowest BCUT2D eigenvalue weighted by atomic mass is 10.1. The Morgan fingerprint density at radius 2 is 1.89 bits per heavy atom. The van der Waals surface area contributed by atoms with E-state index < -0.39 is 17.8 Å². The molecule has 1 aliphatic rings. The fraction of sp³-hybridized carbons (Fsp3) is 0.917. The third-order valence-electron chi connectivity index (χ3n) is 3.29. The first-order valence-corrected chi connectivity index (χ1v) is 6.36. The second kappa shape index (κ2) is 5.47. The maximum atomic E-state index is 12.7. The summed E-state index contributed by atoms with van der Waals surface area (Å²) in [5.41, 5.74) is -1.84. The Labute approximate surface area is 106 Å². The molecule has 0 aromatic heterocycles. The molecule has 0 radical (unpaired) electrons. The van der Waals surface area contributed by atoms with Gasteiger partial charge in [-0.1, -0.05) is 13.3 Å². The molecule has 18 heavy (non-hydrogen) atoms. The van der Waals surface area contributed by atoms with Crippen molar-refractivity contribution in [1.29, 1.82) is 0 Å². The van der Waals surface area contributed by atoms with E-state index in [2.05, 4.69) is 10.6 Å². The van der Waals surface area contributed by atoms with E-state index in [9.17, 15) is 18.0 Å². The van der Waals surface area contributed by atoms with E-state index in [0.717, 1.165) is 12.8 Å². The first kappa shape index (κ1) is 15.3. The summed E-state index contributed by atoms with van der Waals surface area (Å²) in [4.78, 5) is 11.7. The van der Waals surface area contributed by atoms with Gasteiger partial charge in [0.25, 0.3) is 0 Å². The van der Waals surface area contributed by atoms with Gasteiger partial charge in [-0.3, -0.25) is 10.1 Å². The Morgan fingerprint density at radius 1 is 1.33 bits per heavy atom. The number of carbonyl (C=O) groups is 1. The van der Waals surface area contributed by atoms with Crippen LogP contribution in [-0.4, -0.2) is 29.7 Å². The SMILES string of the molecule is CCCC(C)NC(=O)C(C)NC1(C(F)(F)F)CC1. The number of rotatable bonds is 6. The molecule has 1 fully saturated rings. The fourth-order valence-corrected chi connectivity index (χ4v) is 1.99. The molecule has 1 aliphatic carbocycles. The number of amides is 1. The molecule has 3 nitrogen and oxygen atoms in total. The van der Waals surface area contributed by atoms with Gasteiger partial charge < -0.3 is 5.32 Å². The Hall–Kier alpha value is -0.780. The third-order valence-corrected chi connectivity index (χ3v) is 3.29. The molecule has 0 aromatic carbocycles. The summed E-state index contributed by atoms with van der Waals surface area (Å²) in [5.74, 6) is -0.369. The van der Waals surface area contributed by atoms with Gasteiger partial charge in [0.05, 0.1) is 6.04 Å². The van der Waals surface area contributed by atoms with Crippen LogP contribution in [0.5, 0.6) is 0 Å². The Balaban J connectivity index is 2.46. The van der Waals surface area contributed by atoms with Crippen LogP contribution < -0.4 is 10.6 Å². The van der Waals surface area contributed by atoms with Crippen LogP contribution in [0.25, 0.3) is 0 Å². The van der Waals surface area contributed by atoms with E-state index in [1.54, 1.807) is 0 Å². The smallest absolute Gasteiger partial charge is 0.352 e. The van der Waals surface area contributed by atoms with E-state index >= 15 is 0 Å². The van der Waals surface area contributed by atoms with Crippen LogP contribution in [0.2, 0.25) is 0 Å². The monoisotopic (exact) mass is 266 g/mol. The van der Waals surface area contributed by atoms with Crippen molar-refractivity contribution in [3.63, 3.8) is 0 Å². The Kier molecular flexibility index (Phi) is 4.64. The van der Waals surface area contributed by atoms with Gasteiger partial charge in [0, 0.05) is 6.04 Å². The first-order valence-electron chi connectivity index (χ1n) is 6.36. The molecule has 1 saturated carbocycles. The van der Waals surface area contributed by atoms with Crippen molar-refractivity contribution >= 4 is 5.91 Å². The number of hydrogen-bond donors (Lipinski definition) is 2. The maximum absolute atomic E-state index is 12.7. The van der Waals surface area contributed by atoms with Gasteiger partial charge in [-0.15, -0.1) is 0 Å². The van der Waals surface area contributed by atoms with Gasteiger partial charge in [-0.05, 0) is 33.1 Å². The summed E-state index contributed by atoms with van der Waals surface area (Å²) in [7, 11) is 0. The molecule has 0 aromatic rings. The zero-order valence-corrected chi connectivity index (χ0v) is 11.0. The molecule has 6 heteroatoms. The summed E-state index contributed by atoms with van der Waals surface area (Å²) < 4.78 is 38.1. The summed E-state index contributed by atoms with van der Waals surface area (Å²) >= 11 is 0. The highest BCUT2D eigenvalue weighted by molar-refractivity contribution is 5.81. The van der Waals surface area contributed by atoms with E-state index in [1.807, 2.05) is 13.8 Å². The Morgan fingerprint density at radius 3 is 2.28 bits per heavy atom. The predicted octanol–water partition coefficient (Wildman–Crippen LogP) is 2.36. The van der Waals surface area contributed by atoms with E-state index in [1.165, 1.54) is 6.92 Å². The molecular formula is C12H21F3N2O. The molecule has 0 spiro atoms. The van der Waals surface area contributed by atoms with Crippen molar-refractivity contribution in [3.8, 4) is 0 Å². The molecule has 2 N–H and O–H groups in total. The lowest BCUT2D eigenvalue weighted by Crippen LogP contribution is -2.54. The van der Waals surface area contributed by atoms with Gasteiger partial charge in [0.1, 0.15) is 5.54 Å². The minimum absolute atomic E-state index is 0.00668. The summed E-state index contributed by atoms with van der Waals surface area (Å²) in [6, 6.07) is -0.832. The predicted molar refractivity (Wildman–Crippen MR) is 63.1 cm³/mol. The number of alkyl halides is 3. The maximum Gasteiger partial charge on any atom is 0.406 e. The highest BCUT2D eigenvalue weighted by Crippen LogP contribution is 2.49. The zero-order chi connectivity index (χ0) is 14.0. The molecule has 1 amide bonds. The first-order chi connectivity index (χ1) is 8.22. The van der Waals surface area contributed by atoms with Crippen LogP contribution in [0.4, 0.5) is 13.2 Å². The number of carbonyl (C=O) groups excluding carboxylic acids is 1. The average molecular weight is 266 g/mol. The largest absolute Gasteiger partial charge is 0.406 e. The van der Waals surface area contributed by atoms with Gasteiger partial charge in [-0.25, -0.2) is 0 Å². The van der Waals surface area contributed by atoms with Gasteiger partial charge in [0.2, 0.25) is 5.91 Å². The van der Waals surface area contributed by atoms with Crippen molar-refractivity contribution in [1.82, 2.24) is 10.6 Å². The van der Waals surface area contributed by atoms with Crippen molar-refractivity contribution in [2.24, 2.45) is 0 Å². The minimum Gasteiger partial charge on any atom is -0.352 e. The zero-order valence-electron chi connectivity index (χ0n) is 11.0. The summed E-state index contributed by atoms with van der Waals surface area (Å²) in [6.07, 6.45) is -2.42. The summed E-state index contributed by atoms with van der Waals surface area (Å²) in [5, 5.41) is 5.13. The Bertz CT molecular complexity index is 300. The lowest BCUT2D eigenvalue weighted by Gasteiger charge is -2.25. The molecule has 0 bridgehead atoms. The molecule has 2 unspecified atom stereocenters. The van der Waals surface area contributed by atoms with Crippen LogP contribution >= 0.6 is 0 Å². The van der Waals surface area contributed by atoms with Gasteiger partial charge >= 0.3 is 6.18 Å². The molecule has 2 atom stereocenters. The molecular weight excluding hydrogens is 245 g/mol. The average Bonchev–Trinajstić information content (AvgIpc) is 2.97. The van der Waals surface area contributed by atoms with Crippen LogP contribution in [0.15, 0.2) is 0 Å². The molecule has 106 valence electrons. The van der Waals surface area contributed by atoms with Crippen molar-refractivity contribution in [3.05, 3.63) is 0 Å². The second-order valence-corrected chi connectivity index (χ2v) is 5.14. The van der Waals surface area contributed by atoms with Crippen molar-refractivity contribution < 1.29 is 18.0 Å². The normalized spacial score (nSPS) is 21.2. The number of halogens is 3. The van der Waals surface area contributed by atoms with Crippen LogP contribution in [0, 0.1) is 0 Å². The summed E-state index contributed by atoms with van der Waals surface area (Å²) in [6.45, 7) is 5.32. The van der Waals surface area contributed by atoms with Crippen molar-refractivity contribution in [2.45, 2.75) is 70.3 Å². The van der Waals surface area contributed by atoms with Crippen LogP contribution in [0.3, 0.4) is 0 Å². The molecule has 1 rings (SSSR count). The van der Waals surface area contributed by atoms with Crippen LogP contribution in [0.1, 0.15) is 46.5 Å². The molecule has 0 heterocycles. The highest BCUT2D eigenvalue weighted by atomic mass is 19.4. The number of hydrogen-bond acceptors (Lipinski definition) is 2. The lowest BCUT2D eigenvalue weighted by molar-refractivity contribution is -0.168. The quantitative estimate of drug-likeness (QED) is 0.775. The van der Waals surface area contributed by atoms with E-state index in [0.29, 0.717) is 0 Å². The van der Waals surface area contributed by atoms with E-state index in [-0.39, 0.29) is 24.8 Å². The van der Waals surface area contributed by atoms with E-state index in [4.69, 9.17) is 0 Å². The highest BCUT2D eigenvalue weighted by Gasteiger charge is 2.63. The van der Waals surface area contributed by atoms with Gasteiger partial charge in [0.15, 0.2) is 0 Å². The van der Waals surface area contributed by atoms with Crippen LogP contribution in [-0.2, 0) is 4.79 Å². The fourth-order valence-electron chi connectivity index (χ4n) is 1.99. The molecule has 0 aliphatic heterocycles. The van der Waals surface area contributed by atoms with Gasteiger partial charge in [-0.2, -0.15) is 13.2 Å². The number of nitrogens with one attached hydrogen (secondary N) is 2. The second-order valence-electron chi connectivity index (χ2n) is 5.14.